The van der Waals surface area contributed by atoms with Crippen molar-refractivity contribution in [3.8, 4) is 10.9 Å². The monoisotopic (exact) mass is 221 g/mol. The number of hydrogen-bond donors (Lipinski definition) is 1. The third-order valence-electron chi connectivity index (χ3n) is 1.96. The Morgan fingerprint density at radius 2 is 2.20 bits per heavy atom. The molecule has 0 aliphatic heterocycles. The van der Waals surface area contributed by atoms with E-state index in [0.717, 1.165) is 11.3 Å². The molecule has 4 heteroatoms. The molecule has 2 rings (SSSR count). The molecule has 2 aromatic rings. The molecule has 0 spiro atoms. The molecule has 0 saturated heterocycles. The molecule has 0 aliphatic rings. The van der Waals surface area contributed by atoms with Gasteiger partial charge in [-0.15, -0.1) is 0 Å². The van der Waals surface area contributed by atoms with Crippen molar-refractivity contribution in [2.45, 2.75) is 6.42 Å². The molecule has 1 aromatic heterocycles. The van der Waals surface area contributed by atoms with Gasteiger partial charge in [-0.2, -0.15) is 0 Å². The molecule has 0 fully saturated rings. The summed E-state index contributed by atoms with van der Waals surface area (Å²) < 4.78 is 5.60. The zero-order valence-electron chi connectivity index (χ0n) is 8.09. The normalized spacial score (nSPS) is 10.2. The minimum Gasteiger partial charge on any atom is -0.431 e. The second-order valence-corrected chi connectivity index (χ2v) is 3.84. The second-order valence-electron chi connectivity index (χ2n) is 2.98. The molecule has 0 bridgehead atoms. The Balaban J connectivity index is 2.20. The summed E-state index contributed by atoms with van der Waals surface area (Å²) in [7, 11) is 0. The predicted molar refractivity (Wildman–Crippen MR) is 59.4 cm³/mol. The lowest BCUT2D eigenvalue weighted by atomic mass is 10.1. The van der Waals surface area contributed by atoms with Crippen LogP contribution >= 0.6 is 11.3 Å². The van der Waals surface area contributed by atoms with Gasteiger partial charge in [0.05, 0.1) is 0 Å². The fourth-order valence-corrected chi connectivity index (χ4v) is 1.78. The van der Waals surface area contributed by atoms with Gasteiger partial charge in [-0.05, 0) is 18.1 Å². The van der Waals surface area contributed by atoms with Crippen molar-refractivity contribution in [1.29, 1.82) is 0 Å². The number of nitrogens with zero attached hydrogens (tertiary/aromatic N) is 1. The molecule has 1 aromatic carbocycles. The molecule has 78 valence electrons. The van der Waals surface area contributed by atoms with Crippen LogP contribution in [-0.4, -0.2) is 16.7 Å². The number of aliphatic hydroxyl groups excluding tert-OH is 1. The largest absolute Gasteiger partial charge is 0.431 e. The summed E-state index contributed by atoms with van der Waals surface area (Å²) in [5, 5.41) is 11.4. The van der Waals surface area contributed by atoms with Crippen molar-refractivity contribution in [1.82, 2.24) is 4.98 Å². The molecule has 3 nitrogen and oxygen atoms in total. The summed E-state index contributed by atoms with van der Waals surface area (Å²) in [5.74, 6) is 0.765. The van der Waals surface area contributed by atoms with Crippen LogP contribution in [0.5, 0.6) is 10.9 Å². The van der Waals surface area contributed by atoms with Gasteiger partial charge in [0.2, 0.25) is 0 Å². The van der Waals surface area contributed by atoms with Gasteiger partial charge in [0.25, 0.3) is 5.19 Å². The standard InChI is InChI=1S/C11H11NO2S/c13-7-5-9-3-1-2-4-10(9)14-11-12-6-8-15-11/h1-4,6,8,13H,5,7H2. The minimum atomic E-state index is 0.123. The lowest BCUT2D eigenvalue weighted by Gasteiger charge is -2.07. The van der Waals surface area contributed by atoms with Crippen LogP contribution in [0.4, 0.5) is 0 Å². The number of para-hydroxylation sites is 1. The Hall–Kier alpha value is -1.39. The molecule has 0 amide bonds. The number of benzene rings is 1. The summed E-state index contributed by atoms with van der Waals surface area (Å²) >= 11 is 1.45. The van der Waals surface area contributed by atoms with Gasteiger partial charge in [0.1, 0.15) is 5.75 Å². The minimum absolute atomic E-state index is 0.123. The van der Waals surface area contributed by atoms with Gasteiger partial charge in [0.15, 0.2) is 0 Å². The molecule has 0 radical (unpaired) electrons. The molecule has 0 atom stereocenters. The maximum absolute atomic E-state index is 8.90. The lowest BCUT2D eigenvalue weighted by molar-refractivity contribution is 0.298. The van der Waals surface area contributed by atoms with E-state index < -0.39 is 0 Å². The van der Waals surface area contributed by atoms with Crippen LogP contribution in [0.2, 0.25) is 0 Å². The van der Waals surface area contributed by atoms with Crippen molar-refractivity contribution in [3.05, 3.63) is 41.4 Å². The number of ether oxygens (including phenoxy) is 1. The summed E-state index contributed by atoms with van der Waals surface area (Å²) in [6.07, 6.45) is 2.30. The van der Waals surface area contributed by atoms with E-state index in [1.54, 1.807) is 6.20 Å². The third-order valence-corrected chi connectivity index (χ3v) is 2.61. The Kier molecular flexibility index (Phi) is 3.32. The van der Waals surface area contributed by atoms with E-state index in [2.05, 4.69) is 4.98 Å². The van der Waals surface area contributed by atoms with Crippen molar-refractivity contribution >= 4 is 11.3 Å². The van der Waals surface area contributed by atoms with E-state index in [1.165, 1.54) is 11.3 Å². The average Bonchev–Trinajstić information content (AvgIpc) is 2.74. The Morgan fingerprint density at radius 3 is 2.93 bits per heavy atom. The lowest BCUT2D eigenvalue weighted by Crippen LogP contribution is -1.94. The fourth-order valence-electron chi connectivity index (χ4n) is 1.29. The quantitative estimate of drug-likeness (QED) is 0.862. The van der Waals surface area contributed by atoms with E-state index in [0.29, 0.717) is 11.6 Å². The van der Waals surface area contributed by atoms with Crippen LogP contribution in [0.3, 0.4) is 0 Å². The predicted octanol–water partition coefficient (Wildman–Crippen LogP) is 2.47. The molecular formula is C11H11NO2S. The average molecular weight is 221 g/mol. The Bertz CT molecular complexity index is 414. The van der Waals surface area contributed by atoms with Gasteiger partial charge < -0.3 is 9.84 Å². The molecule has 15 heavy (non-hydrogen) atoms. The topological polar surface area (TPSA) is 42.4 Å². The highest BCUT2D eigenvalue weighted by Crippen LogP contribution is 2.26. The van der Waals surface area contributed by atoms with E-state index in [-0.39, 0.29) is 6.61 Å². The van der Waals surface area contributed by atoms with Crippen LogP contribution in [0, 0.1) is 0 Å². The highest BCUT2D eigenvalue weighted by atomic mass is 32.1. The van der Waals surface area contributed by atoms with Gasteiger partial charge in [0, 0.05) is 18.2 Å². The molecule has 1 N–H and O–H groups in total. The van der Waals surface area contributed by atoms with Gasteiger partial charge in [-0.3, -0.25) is 0 Å². The van der Waals surface area contributed by atoms with Crippen LogP contribution in [0.25, 0.3) is 0 Å². The summed E-state index contributed by atoms with van der Waals surface area (Å²) in [4.78, 5) is 4.05. The highest BCUT2D eigenvalue weighted by Gasteiger charge is 2.04. The van der Waals surface area contributed by atoms with Gasteiger partial charge in [-0.1, -0.05) is 29.5 Å². The third kappa shape index (κ3) is 2.55. The summed E-state index contributed by atoms with van der Waals surface area (Å²) in [6, 6.07) is 7.66. The van der Waals surface area contributed by atoms with Crippen LogP contribution < -0.4 is 4.74 Å². The van der Waals surface area contributed by atoms with Crippen LogP contribution in [-0.2, 0) is 6.42 Å². The van der Waals surface area contributed by atoms with Gasteiger partial charge >= 0.3 is 0 Å². The molecule has 0 saturated carbocycles. The zero-order chi connectivity index (χ0) is 10.5. The highest BCUT2D eigenvalue weighted by molar-refractivity contribution is 7.11. The SMILES string of the molecule is OCCc1ccccc1Oc1nccs1. The number of aliphatic hydroxyl groups is 1. The van der Waals surface area contributed by atoms with E-state index in [9.17, 15) is 0 Å². The molecule has 1 heterocycles. The number of rotatable bonds is 4. The summed E-state index contributed by atoms with van der Waals surface area (Å²) in [5.41, 5.74) is 0.996. The maximum atomic E-state index is 8.90. The van der Waals surface area contributed by atoms with E-state index in [1.807, 2.05) is 29.6 Å². The second kappa shape index (κ2) is 4.91. The van der Waals surface area contributed by atoms with E-state index >= 15 is 0 Å². The number of aromatic nitrogens is 1. The molecular weight excluding hydrogens is 210 g/mol. The van der Waals surface area contributed by atoms with Crippen molar-refractivity contribution in [3.63, 3.8) is 0 Å². The molecule has 0 unspecified atom stereocenters. The van der Waals surface area contributed by atoms with Crippen molar-refractivity contribution < 1.29 is 9.84 Å². The summed E-state index contributed by atoms with van der Waals surface area (Å²) in [6.45, 7) is 0.123. The maximum Gasteiger partial charge on any atom is 0.278 e. The zero-order valence-corrected chi connectivity index (χ0v) is 8.91. The van der Waals surface area contributed by atoms with Crippen LogP contribution in [0.15, 0.2) is 35.8 Å². The number of thiazole rings is 1. The van der Waals surface area contributed by atoms with Crippen molar-refractivity contribution in [2.75, 3.05) is 6.61 Å². The fraction of sp³-hybridized carbons (Fsp3) is 0.182. The number of hydrogen-bond acceptors (Lipinski definition) is 4. The first-order valence-corrected chi connectivity index (χ1v) is 5.54. The first-order chi connectivity index (χ1) is 7.40. The first kappa shape index (κ1) is 10.1. The van der Waals surface area contributed by atoms with Crippen LogP contribution in [0.1, 0.15) is 5.56 Å². The smallest absolute Gasteiger partial charge is 0.278 e. The Morgan fingerprint density at radius 1 is 1.33 bits per heavy atom. The van der Waals surface area contributed by atoms with Crippen molar-refractivity contribution in [2.24, 2.45) is 0 Å². The molecule has 0 aliphatic carbocycles. The first-order valence-electron chi connectivity index (χ1n) is 4.66. The van der Waals surface area contributed by atoms with E-state index in [4.69, 9.17) is 9.84 Å². The Labute approximate surface area is 92.0 Å². The van der Waals surface area contributed by atoms with Gasteiger partial charge in [-0.25, -0.2) is 4.98 Å².